The van der Waals surface area contributed by atoms with Gasteiger partial charge in [-0.3, -0.25) is 4.79 Å². The van der Waals surface area contributed by atoms with Crippen LogP contribution in [-0.4, -0.2) is 9.97 Å². The van der Waals surface area contributed by atoms with Crippen LogP contribution in [0.2, 0.25) is 0 Å². The first-order chi connectivity index (χ1) is 8.29. The molecule has 0 aliphatic carbocycles. The zero-order valence-corrected chi connectivity index (χ0v) is 8.97. The number of hydrogen-bond donors (Lipinski definition) is 2. The molecule has 1 heterocycles. The SMILES string of the molecule is N#Cc1ccc(CNc2ncc[nH]c2=O)cc1. The van der Waals surface area contributed by atoms with Crippen LogP contribution in [0.15, 0.2) is 41.5 Å². The second kappa shape index (κ2) is 4.94. The third-order valence-electron chi connectivity index (χ3n) is 2.25. The number of H-pyrrole nitrogens is 1. The molecule has 2 rings (SSSR count). The highest BCUT2D eigenvalue weighted by molar-refractivity contribution is 5.35. The van der Waals surface area contributed by atoms with Crippen LogP contribution in [0.3, 0.4) is 0 Å². The Labute approximate surface area is 97.8 Å². The Morgan fingerprint density at radius 1 is 1.35 bits per heavy atom. The van der Waals surface area contributed by atoms with Gasteiger partial charge in [-0.25, -0.2) is 4.98 Å². The number of aromatic amines is 1. The first-order valence-corrected chi connectivity index (χ1v) is 5.06. The lowest BCUT2D eigenvalue weighted by Gasteiger charge is -2.04. The van der Waals surface area contributed by atoms with Crippen LogP contribution in [0.4, 0.5) is 5.82 Å². The number of hydrogen-bond acceptors (Lipinski definition) is 4. The van der Waals surface area contributed by atoms with Crippen LogP contribution in [0.5, 0.6) is 0 Å². The Balaban J connectivity index is 2.05. The number of anilines is 1. The summed E-state index contributed by atoms with van der Waals surface area (Å²) in [5.41, 5.74) is 1.35. The molecule has 0 aliphatic heterocycles. The first-order valence-electron chi connectivity index (χ1n) is 5.06. The molecule has 0 saturated heterocycles. The van der Waals surface area contributed by atoms with E-state index in [-0.39, 0.29) is 11.4 Å². The molecule has 1 aromatic carbocycles. The number of nitrogens with zero attached hydrogens (tertiary/aromatic N) is 2. The summed E-state index contributed by atoms with van der Waals surface area (Å²) < 4.78 is 0. The van der Waals surface area contributed by atoms with E-state index in [0.717, 1.165) is 5.56 Å². The molecule has 84 valence electrons. The zero-order valence-electron chi connectivity index (χ0n) is 8.97. The minimum Gasteiger partial charge on any atom is -0.361 e. The Kier molecular flexibility index (Phi) is 3.17. The molecule has 17 heavy (non-hydrogen) atoms. The van der Waals surface area contributed by atoms with Crippen LogP contribution in [0.1, 0.15) is 11.1 Å². The molecule has 0 unspecified atom stereocenters. The van der Waals surface area contributed by atoms with Crippen molar-refractivity contribution in [1.82, 2.24) is 9.97 Å². The molecule has 0 aliphatic rings. The van der Waals surface area contributed by atoms with E-state index >= 15 is 0 Å². The maximum atomic E-state index is 11.3. The van der Waals surface area contributed by atoms with Crippen molar-refractivity contribution in [2.24, 2.45) is 0 Å². The Morgan fingerprint density at radius 3 is 2.76 bits per heavy atom. The molecule has 0 bridgehead atoms. The highest BCUT2D eigenvalue weighted by Crippen LogP contribution is 2.04. The predicted octanol–water partition coefficient (Wildman–Crippen LogP) is 1.25. The van der Waals surface area contributed by atoms with Crippen LogP contribution in [-0.2, 0) is 6.54 Å². The fourth-order valence-electron chi connectivity index (χ4n) is 1.36. The van der Waals surface area contributed by atoms with Crippen LogP contribution < -0.4 is 10.9 Å². The van der Waals surface area contributed by atoms with Gasteiger partial charge in [-0.2, -0.15) is 5.26 Å². The average molecular weight is 226 g/mol. The molecule has 0 atom stereocenters. The monoisotopic (exact) mass is 226 g/mol. The lowest BCUT2D eigenvalue weighted by Crippen LogP contribution is -2.14. The van der Waals surface area contributed by atoms with Gasteiger partial charge in [-0.05, 0) is 17.7 Å². The van der Waals surface area contributed by atoms with Gasteiger partial charge >= 0.3 is 0 Å². The second-order valence-corrected chi connectivity index (χ2v) is 3.43. The Hall–Kier alpha value is -2.61. The summed E-state index contributed by atoms with van der Waals surface area (Å²) in [4.78, 5) is 17.8. The van der Waals surface area contributed by atoms with Crippen molar-refractivity contribution < 1.29 is 0 Å². The van der Waals surface area contributed by atoms with Gasteiger partial charge in [0.2, 0.25) is 0 Å². The van der Waals surface area contributed by atoms with E-state index in [2.05, 4.69) is 15.3 Å². The number of nitriles is 1. The van der Waals surface area contributed by atoms with Crippen molar-refractivity contribution >= 4 is 5.82 Å². The standard InChI is InChI=1S/C12H10N4O/c13-7-9-1-3-10(4-2-9)8-16-11-12(17)15-6-5-14-11/h1-6H,8H2,(H,14,16)(H,15,17). The summed E-state index contributed by atoms with van der Waals surface area (Å²) in [5, 5.41) is 11.6. The molecule has 0 saturated carbocycles. The largest absolute Gasteiger partial charge is 0.361 e. The van der Waals surface area contributed by atoms with Crippen LogP contribution in [0.25, 0.3) is 0 Å². The van der Waals surface area contributed by atoms with Gasteiger partial charge in [-0.1, -0.05) is 12.1 Å². The summed E-state index contributed by atoms with van der Waals surface area (Å²) in [6, 6.07) is 9.19. The van der Waals surface area contributed by atoms with Crippen molar-refractivity contribution in [2.75, 3.05) is 5.32 Å². The van der Waals surface area contributed by atoms with Crippen LogP contribution in [0, 0.1) is 11.3 Å². The van der Waals surface area contributed by atoms with E-state index in [1.807, 2.05) is 18.2 Å². The van der Waals surface area contributed by atoms with Gasteiger partial charge in [0.05, 0.1) is 11.6 Å². The molecular weight excluding hydrogens is 216 g/mol. The third-order valence-corrected chi connectivity index (χ3v) is 2.25. The lowest BCUT2D eigenvalue weighted by atomic mass is 10.1. The Bertz CT molecular complexity index is 595. The molecule has 0 fully saturated rings. The quantitative estimate of drug-likeness (QED) is 0.825. The zero-order chi connectivity index (χ0) is 12.1. The number of nitrogens with one attached hydrogen (secondary N) is 2. The van der Waals surface area contributed by atoms with Crippen molar-refractivity contribution in [3.8, 4) is 6.07 Å². The smallest absolute Gasteiger partial charge is 0.290 e. The molecule has 0 amide bonds. The van der Waals surface area contributed by atoms with Gasteiger partial charge in [0.1, 0.15) is 0 Å². The average Bonchev–Trinajstić information content (AvgIpc) is 2.38. The van der Waals surface area contributed by atoms with E-state index in [9.17, 15) is 4.79 Å². The molecular formula is C12H10N4O. The van der Waals surface area contributed by atoms with Crippen molar-refractivity contribution in [2.45, 2.75) is 6.54 Å². The van der Waals surface area contributed by atoms with Crippen molar-refractivity contribution in [1.29, 1.82) is 5.26 Å². The second-order valence-electron chi connectivity index (χ2n) is 3.43. The summed E-state index contributed by atoms with van der Waals surface area (Å²) in [6.45, 7) is 0.492. The highest BCUT2D eigenvalue weighted by atomic mass is 16.1. The third kappa shape index (κ3) is 2.69. The van der Waals surface area contributed by atoms with Gasteiger partial charge in [0, 0.05) is 18.9 Å². The van der Waals surface area contributed by atoms with E-state index in [1.54, 1.807) is 12.1 Å². The van der Waals surface area contributed by atoms with E-state index < -0.39 is 0 Å². The molecule has 2 aromatic rings. The molecule has 0 spiro atoms. The van der Waals surface area contributed by atoms with Gasteiger partial charge in [0.25, 0.3) is 5.56 Å². The lowest BCUT2D eigenvalue weighted by molar-refractivity contribution is 1.06. The summed E-state index contributed by atoms with van der Waals surface area (Å²) in [7, 11) is 0. The highest BCUT2D eigenvalue weighted by Gasteiger charge is 1.99. The Morgan fingerprint density at radius 2 is 2.12 bits per heavy atom. The normalized spacial score (nSPS) is 9.59. The number of aromatic nitrogens is 2. The minimum absolute atomic E-state index is 0.249. The summed E-state index contributed by atoms with van der Waals surface area (Å²) in [6.07, 6.45) is 3.00. The fourth-order valence-corrected chi connectivity index (χ4v) is 1.36. The molecule has 2 N–H and O–H groups in total. The number of benzene rings is 1. The van der Waals surface area contributed by atoms with Crippen molar-refractivity contribution in [3.63, 3.8) is 0 Å². The van der Waals surface area contributed by atoms with Gasteiger partial charge < -0.3 is 10.3 Å². The predicted molar refractivity (Wildman–Crippen MR) is 63.3 cm³/mol. The molecule has 0 radical (unpaired) electrons. The minimum atomic E-state index is -0.249. The first kappa shape index (κ1) is 10.9. The summed E-state index contributed by atoms with van der Waals surface area (Å²) >= 11 is 0. The topological polar surface area (TPSA) is 81.6 Å². The van der Waals surface area contributed by atoms with Crippen molar-refractivity contribution in [3.05, 3.63) is 58.1 Å². The van der Waals surface area contributed by atoms with E-state index in [4.69, 9.17) is 5.26 Å². The maximum Gasteiger partial charge on any atom is 0.290 e. The van der Waals surface area contributed by atoms with Crippen LogP contribution >= 0.6 is 0 Å². The van der Waals surface area contributed by atoms with Gasteiger partial charge in [0.15, 0.2) is 5.82 Å². The molecule has 5 nitrogen and oxygen atoms in total. The maximum absolute atomic E-state index is 11.3. The molecule has 1 aromatic heterocycles. The van der Waals surface area contributed by atoms with Gasteiger partial charge in [-0.15, -0.1) is 0 Å². The summed E-state index contributed by atoms with van der Waals surface area (Å²) in [5.74, 6) is 0.289. The van der Waals surface area contributed by atoms with E-state index in [1.165, 1.54) is 12.4 Å². The fraction of sp³-hybridized carbons (Fsp3) is 0.0833. The van der Waals surface area contributed by atoms with E-state index in [0.29, 0.717) is 12.1 Å². The number of rotatable bonds is 3. The molecule has 5 heteroatoms.